The number of carboxylic acids is 1. The second-order valence-electron chi connectivity index (χ2n) is 7.84. The predicted octanol–water partition coefficient (Wildman–Crippen LogP) is 2.71. The predicted molar refractivity (Wildman–Crippen MR) is 105 cm³/mol. The van der Waals surface area contributed by atoms with Crippen molar-refractivity contribution in [1.29, 1.82) is 0 Å². The third-order valence-corrected chi connectivity index (χ3v) is 5.76. The van der Waals surface area contributed by atoms with Crippen molar-refractivity contribution in [3.8, 4) is 0 Å². The molecule has 0 radical (unpaired) electrons. The molecule has 2 aliphatic rings. The highest BCUT2D eigenvalue weighted by atomic mass is 19.1. The first-order valence-electron chi connectivity index (χ1n) is 9.54. The quantitative estimate of drug-likeness (QED) is 0.860. The first-order valence-corrected chi connectivity index (χ1v) is 9.54. The van der Waals surface area contributed by atoms with Crippen LogP contribution in [0.5, 0.6) is 0 Å². The minimum atomic E-state index is -1.06. The van der Waals surface area contributed by atoms with Crippen molar-refractivity contribution in [2.24, 2.45) is 11.8 Å². The number of carbonyl (C=O) groups excluding carboxylic acids is 1. The summed E-state index contributed by atoms with van der Waals surface area (Å²) >= 11 is 0. The average molecular weight is 398 g/mol. The molecule has 2 amide bonds. The first kappa shape index (κ1) is 19.2. The molecule has 2 aromatic rings. The lowest BCUT2D eigenvalue weighted by atomic mass is 9.89. The molecule has 3 heterocycles. The average Bonchev–Trinajstić information content (AvgIpc) is 3.25. The number of carboxylic acid groups (broad SMARTS) is 1. The number of hydrogen-bond donors (Lipinski definition) is 1. The maximum absolute atomic E-state index is 13.9. The summed E-state index contributed by atoms with van der Waals surface area (Å²) in [6.45, 7) is 1.86. The molecule has 1 N–H and O–H groups in total. The lowest BCUT2D eigenvalue weighted by Gasteiger charge is -2.32. The van der Waals surface area contributed by atoms with Crippen molar-refractivity contribution in [3.05, 3.63) is 59.5 Å². The molecule has 152 valence electrons. The minimum Gasteiger partial charge on any atom is -0.477 e. The van der Waals surface area contributed by atoms with Gasteiger partial charge < -0.3 is 19.8 Å². The lowest BCUT2D eigenvalue weighted by molar-refractivity contribution is 0.0690. The van der Waals surface area contributed by atoms with Crippen LogP contribution in [0.3, 0.4) is 0 Å². The number of aromatic carboxylic acids is 1. The van der Waals surface area contributed by atoms with Gasteiger partial charge in [-0.05, 0) is 29.8 Å². The van der Waals surface area contributed by atoms with E-state index < -0.39 is 5.97 Å². The molecule has 0 unspecified atom stereocenters. The Labute approximate surface area is 168 Å². The van der Waals surface area contributed by atoms with Gasteiger partial charge in [0.1, 0.15) is 11.6 Å². The number of carbonyl (C=O) groups is 2. The SMILES string of the molecule is CN(C)C(=O)N1C[C@H]2CN(c3cccc(C(=O)O)n3)C[C@H]2[C@H]1c1cccc(F)c1. The summed E-state index contributed by atoms with van der Waals surface area (Å²) < 4.78 is 13.9. The van der Waals surface area contributed by atoms with Crippen LogP contribution in [-0.4, -0.2) is 65.6 Å². The lowest BCUT2D eigenvalue weighted by Crippen LogP contribution is -2.41. The van der Waals surface area contributed by atoms with Gasteiger partial charge >= 0.3 is 12.0 Å². The van der Waals surface area contributed by atoms with Crippen LogP contribution in [0.2, 0.25) is 0 Å². The highest BCUT2D eigenvalue weighted by Crippen LogP contribution is 2.46. The molecule has 0 spiro atoms. The molecule has 29 heavy (non-hydrogen) atoms. The second kappa shape index (κ2) is 7.35. The molecule has 4 rings (SSSR count). The summed E-state index contributed by atoms with van der Waals surface area (Å²) in [5, 5.41) is 9.21. The largest absolute Gasteiger partial charge is 0.477 e. The van der Waals surface area contributed by atoms with Crippen molar-refractivity contribution in [2.45, 2.75) is 6.04 Å². The summed E-state index contributed by atoms with van der Waals surface area (Å²) in [4.78, 5) is 33.7. The molecule has 2 saturated heterocycles. The smallest absolute Gasteiger partial charge is 0.354 e. The van der Waals surface area contributed by atoms with Crippen LogP contribution in [-0.2, 0) is 0 Å². The fraction of sp³-hybridized carbons (Fsp3) is 0.381. The van der Waals surface area contributed by atoms with Crippen LogP contribution >= 0.6 is 0 Å². The number of nitrogens with zero attached hydrogens (tertiary/aromatic N) is 4. The maximum atomic E-state index is 13.9. The highest BCUT2D eigenvalue weighted by Gasteiger charge is 2.49. The second-order valence-corrected chi connectivity index (χ2v) is 7.84. The molecular weight excluding hydrogens is 375 g/mol. The number of rotatable bonds is 3. The van der Waals surface area contributed by atoms with E-state index in [0.717, 1.165) is 5.56 Å². The number of likely N-dealkylation sites (tertiary alicyclic amines) is 1. The number of pyridine rings is 1. The summed E-state index contributed by atoms with van der Waals surface area (Å²) in [6, 6.07) is 11.0. The van der Waals surface area contributed by atoms with Crippen LogP contribution in [0.4, 0.5) is 15.0 Å². The van der Waals surface area contributed by atoms with E-state index in [1.165, 1.54) is 18.2 Å². The zero-order valence-corrected chi connectivity index (χ0v) is 16.3. The highest BCUT2D eigenvalue weighted by molar-refractivity contribution is 5.85. The van der Waals surface area contributed by atoms with E-state index in [4.69, 9.17) is 0 Å². The molecule has 1 aromatic heterocycles. The molecule has 1 aromatic carbocycles. The summed E-state index contributed by atoms with van der Waals surface area (Å²) in [6.07, 6.45) is 0. The van der Waals surface area contributed by atoms with Crippen molar-refractivity contribution in [1.82, 2.24) is 14.8 Å². The molecule has 2 fully saturated rings. The van der Waals surface area contributed by atoms with E-state index in [1.54, 1.807) is 37.2 Å². The minimum absolute atomic E-state index is 0.00523. The van der Waals surface area contributed by atoms with Crippen LogP contribution in [0.15, 0.2) is 42.5 Å². The summed E-state index contributed by atoms with van der Waals surface area (Å²) in [5.74, 6) is -0.471. The van der Waals surface area contributed by atoms with Gasteiger partial charge in [-0.3, -0.25) is 0 Å². The van der Waals surface area contributed by atoms with Crippen LogP contribution < -0.4 is 4.90 Å². The normalized spacial score (nSPS) is 23.2. The molecule has 0 bridgehead atoms. The Balaban J connectivity index is 1.64. The van der Waals surface area contributed by atoms with E-state index in [2.05, 4.69) is 9.88 Å². The third kappa shape index (κ3) is 3.50. The maximum Gasteiger partial charge on any atom is 0.354 e. The Morgan fingerprint density at radius 3 is 2.59 bits per heavy atom. The first-order chi connectivity index (χ1) is 13.8. The molecular formula is C21H23FN4O3. The van der Waals surface area contributed by atoms with Gasteiger partial charge in [0.05, 0.1) is 6.04 Å². The number of hydrogen-bond acceptors (Lipinski definition) is 4. The van der Waals surface area contributed by atoms with Crippen LogP contribution in [0.25, 0.3) is 0 Å². The number of halogens is 1. The van der Waals surface area contributed by atoms with E-state index in [9.17, 15) is 19.1 Å². The topological polar surface area (TPSA) is 77.0 Å². The molecule has 7 nitrogen and oxygen atoms in total. The Morgan fingerprint density at radius 2 is 1.90 bits per heavy atom. The van der Waals surface area contributed by atoms with Gasteiger partial charge in [-0.15, -0.1) is 0 Å². The van der Waals surface area contributed by atoms with Gasteiger partial charge in [0, 0.05) is 45.6 Å². The number of benzene rings is 1. The van der Waals surface area contributed by atoms with Gasteiger partial charge in [-0.25, -0.2) is 19.0 Å². The monoisotopic (exact) mass is 398 g/mol. The fourth-order valence-electron chi connectivity index (χ4n) is 4.52. The van der Waals surface area contributed by atoms with Crippen molar-refractivity contribution >= 4 is 17.8 Å². The molecule has 0 aliphatic carbocycles. The van der Waals surface area contributed by atoms with Gasteiger partial charge in [-0.2, -0.15) is 0 Å². The number of aromatic nitrogens is 1. The molecule has 3 atom stereocenters. The van der Waals surface area contributed by atoms with Crippen molar-refractivity contribution in [3.63, 3.8) is 0 Å². The Bertz CT molecular complexity index is 951. The van der Waals surface area contributed by atoms with Gasteiger partial charge in [0.2, 0.25) is 0 Å². The number of urea groups is 1. The van der Waals surface area contributed by atoms with E-state index >= 15 is 0 Å². The summed E-state index contributed by atoms with van der Waals surface area (Å²) in [7, 11) is 3.43. The zero-order chi connectivity index (χ0) is 20.7. The Hall–Kier alpha value is -3.16. The molecule has 0 saturated carbocycles. The zero-order valence-electron chi connectivity index (χ0n) is 16.3. The third-order valence-electron chi connectivity index (χ3n) is 5.76. The number of amides is 2. The Kier molecular flexibility index (Phi) is 4.86. The summed E-state index contributed by atoms with van der Waals surface area (Å²) in [5.41, 5.74) is 0.785. The number of anilines is 1. The van der Waals surface area contributed by atoms with E-state index in [0.29, 0.717) is 25.5 Å². The van der Waals surface area contributed by atoms with Crippen molar-refractivity contribution in [2.75, 3.05) is 38.6 Å². The number of fused-ring (bicyclic) bond motifs is 1. The van der Waals surface area contributed by atoms with Gasteiger partial charge in [0.25, 0.3) is 0 Å². The van der Waals surface area contributed by atoms with Crippen LogP contribution in [0, 0.1) is 17.7 Å². The van der Waals surface area contributed by atoms with Crippen molar-refractivity contribution < 1.29 is 19.1 Å². The standard InChI is InChI=1S/C21H23FN4O3/c1-24(2)21(29)26-11-14-10-25(18-8-4-7-17(23-18)20(27)28)12-16(14)19(26)13-5-3-6-15(22)9-13/h3-9,14,16,19H,10-12H2,1-2H3,(H,27,28)/t14-,16-,19-/m1/s1. The molecule has 2 aliphatic heterocycles. The molecule has 8 heteroatoms. The van der Waals surface area contributed by atoms with Gasteiger partial charge in [0.15, 0.2) is 5.69 Å². The van der Waals surface area contributed by atoms with Crippen LogP contribution in [0.1, 0.15) is 22.1 Å². The van der Waals surface area contributed by atoms with E-state index in [1.807, 2.05) is 11.0 Å². The van der Waals surface area contributed by atoms with Gasteiger partial charge in [-0.1, -0.05) is 18.2 Å². The fourth-order valence-corrected chi connectivity index (χ4v) is 4.52. The Morgan fingerprint density at radius 1 is 1.14 bits per heavy atom. The van der Waals surface area contributed by atoms with E-state index in [-0.39, 0.29) is 35.4 Å².